The van der Waals surface area contributed by atoms with E-state index in [0.717, 1.165) is 6.42 Å². The maximum atomic E-state index is 12.0. The van der Waals surface area contributed by atoms with Gasteiger partial charge in [0, 0.05) is 13.1 Å². The average Bonchev–Trinajstić information content (AvgIpc) is 2.81. The van der Waals surface area contributed by atoms with Gasteiger partial charge in [0.15, 0.2) is 5.96 Å². The van der Waals surface area contributed by atoms with Gasteiger partial charge >= 0.3 is 0 Å². The Labute approximate surface area is 106 Å². The van der Waals surface area contributed by atoms with Gasteiger partial charge in [0.05, 0.1) is 12.1 Å². The van der Waals surface area contributed by atoms with Crippen LogP contribution in [0, 0.1) is 5.41 Å². The number of nitrogens with zero attached hydrogens (tertiary/aromatic N) is 1. The highest BCUT2D eigenvalue weighted by Crippen LogP contribution is 2.16. The summed E-state index contributed by atoms with van der Waals surface area (Å²) in [6, 6.07) is -1.04. The smallest absolute Gasteiger partial charge is 0.240 e. The topological polar surface area (TPSA) is 125 Å². The zero-order valence-corrected chi connectivity index (χ0v) is 10.3. The van der Waals surface area contributed by atoms with Gasteiger partial charge in [0.25, 0.3) is 0 Å². The molecule has 6 N–H and O–H groups in total. The first kappa shape index (κ1) is 14.4. The molecular formula is C11H20N5O2. The summed E-state index contributed by atoms with van der Waals surface area (Å²) in [4.78, 5) is 24.2. The van der Waals surface area contributed by atoms with E-state index >= 15 is 0 Å². The van der Waals surface area contributed by atoms with Crippen LogP contribution in [-0.2, 0) is 9.59 Å². The molecule has 0 aromatic rings. The van der Waals surface area contributed by atoms with Crippen molar-refractivity contribution < 1.29 is 9.59 Å². The van der Waals surface area contributed by atoms with Crippen molar-refractivity contribution in [3.05, 3.63) is 0 Å². The summed E-state index contributed by atoms with van der Waals surface area (Å²) in [5.41, 5.74) is 10.9. The second-order valence-electron chi connectivity index (χ2n) is 4.40. The van der Waals surface area contributed by atoms with Crippen molar-refractivity contribution >= 4 is 18.2 Å². The number of likely N-dealkylation sites (tertiary alicyclic amines) is 1. The third kappa shape index (κ3) is 3.99. The van der Waals surface area contributed by atoms with E-state index < -0.39 is 12.1 Å². The first-order chi connectivity index (χ1) is 8.56. The molecule has 1 aliphatic heterocycles. The summed E-state index contributed by atoms with van der Waals surface area (Å²) in [7, 11) is 0. The quantitative estimate of drug-likeness (QED) is 0.266. The minimum Gasteiger partial charge on any atom is -0.370 e. The summed E-state index contributed by atoms with van der Waals surface area (Å²) in [5.74, 6) is -0.284. The summed E-state index contributed by atoms with van der Waals surface area (Å²) in [5, 5.41) is 9.62. The molecule has 7 heteroatoms. The molecule has 2 atom stereocenters. The lowest BCUT2D eigenvalue weighted by molar-refractivity contribution is -0.132. The molecule has 1 aliphatic rings. The van der Waals surface area contributed by atoms with Crippen LogP contribution < -0.4 is 16.8 Å². The average molecular weight is 254 g/mol. The van der Waals surface area contributed by atoms with Gasteiger partial charge in [-0.15, -0.1) is 0 Å². The maximum absolute atomic E-state index is 12.0. The lowest BCUT2D eigenvalue weighted by Crippen LogP contribution is -2.46. The van der Waals surface area contributed by atoms with Crippen molar-refractivity contribution in [1.29, 1.82) is 5.41 Å². The van der Waals surface area contributed by atoms with Crippen LogP contribution in [0.5, 0.6) is 0 Å². The molecule has 1 fully saturated rings. The van der Waals surface area contributed by atoms with Gasteiger partial charge in [0.1, 0.15) is 0 Å². The summed E-state index contributed by atoms with van der Waals surface area (Å²) in [6.07, 6.45) is 4.52. The Kier molecular flexibility index (Phi) is 5.57. The molecule has 18 heavy (non-hydrogen) atoms. The number of hydrogen-bond acceptors (Lipinski definition) is 4. The van der Waals surface area contributed by atoms with Gasteiger partial charge in [-0.05, 0) is 25.7 Å². The number of hydrogen-bond donors (Lipinski definition) is 4. The zero-order chi connectivity index (χ0) is 13.5. The number of nitrogens with two attached hydrogens (primary N) is 2. The number of amides is 1. The molecule has 0 spiro atoms. The minimum atomic E-state index is -0.604. The van der Waals surface area contributed by atoms with Gasteiger partial charge in [-0.3, -0.25) is 15.0 Å². The third-order valence-corrected chi connectivity index (χ3v) is 3.00. The fourth-order valence-electron chi connectivity index (χ4n) is 2.03. The van der Waals surface area contributed by atoms with E-state index in [1.54, 1.807) is 0 Å². The standard InChI is InChI=1S/C11H20N5O2/c12-9(4-1-5-15-11(13)14)10(18)16-6-2-3-8(16)7-17/h8-9H,1-6,12H2,(H4,13,14,15). The largest absolute Gasteiger partial charge is 0.370 e. The summed E-state index contributed by atoms with van der Waals surface area (Å²) >= 11 is 0. The molecule has 0 saturated carbocycles. The minimum absolute atomic E-state index is 0.0925. The van der Waals surface area contributed by atoms with E-state index in [1.807, 2.05) is 6.29 Å². The molecule has 0 bridgehead atoms. The summed E-state index contributed by atoms with van der Waals surface area (Å²) < 4.78 is 0. The predicted octanol–water partition coefficient (Wildman–Crippen LogP) is -1.32. The zero-order valence-electron chi connectivity index (χ0n) is 10.3. The van der Waals surface area contributed by atoms with Crippen molar-refractivity contribution in [2.24, 2.45) is 11.5 Å². The van der Waals surface area contributed by atoms with Crippen LogP contribution in [0.2, 0.25) is 0 Å². The molecule has 1 amide bonds. The molecule has 2 unspecified atom stereocenters. The van der Waals surface area contributed by atoms with E-state index in [4.69, 9.17) is 16.9 Å². The lowest BCUT2D eigenvalue weighted by Gasteiger charge is -2.23. The van der Waals surface area contributed by atoms with Crippen molar-refractivity contribution in [3.8, 4) is 0 Å². The van der Waals surface area contributed by atoms with Gasteiger partial charge in [-0.1, -0.05) is 0 Å². The highest BCUT2D eigenvalue weighted by atomic mass is 16.2. The van der Waals surface area contributed by atoms with Gasteiger partial charge in [-0.2, -0.15) is 0 Å². The molecule has 7 nitrogen and oxygen atoms in total. The number of guanidine groups is 1. The Balaban J connectivity index is 2.32. The highest BCUT2D eigenvalue weighted by molar-refractivity contribution is 5.84. The first-order valence-electron chi connectivity index (χ1n) is 6.08. The third-order valence-electron chi connectivity index (χ3n) is 3.00. The van der Waals surface area contributed by atoms with Gasteiger partial charge in [-0.25, -0.2) is 0 Å². The molecular weight excluding hydrogens is 234 g/mol. The lowest BCUT2D eigenvalue weighted by atomic mass is 10.1. The normalized spacial score (nSPS) is 20.5. The molecule has 0 aliphatic carbocycles. The molecule has 1 saturated heterocycles. The van der Waals surface area contributed by atoms with Crippen LogP contribution in [-0.4, -0.2) is 48.2 Å². The Hall–Kier alpha value is -1.63. The monoisotopic (exact) mass is 254 g/mol. The second kappa shape index (κ2) is 6.95. The van der Waals surface area contributed by atoms with Crippen LogP contribution in [0.15, 0.2) is 0 Å². The molecule has 1 heterocycles. The van der Waals surface area contributed by atoms with Crippen LogP contribution >= 0.6 is 0 Å². The van der Waals surface area contributed by atoms with Crippen LogP contribution in [0.4, 0.5) is 0 Å². The number of nitrogens with one attached hydrogen (secondary N) is 2. The van der Waals surface area contributed by atoms with E-state index in [-0.39, 0.29) is 11.9 Å². The highest BCUT2D eigenvalue weighted by Gasteiger charge is 2.31. The van der Waals surface area contributed by atoms with E-state index in [9.17, 15) is 9.59 Å². The van der Waals surface area contributed by atoms with E-state index in [1.165, 1.54) is 4.90 Å². The predicted molar refractivity (Wildman–Crippen MR) is 67.6 cm³/mol. The fourth-order valence-corrected chi connectivity index (χ4v) is 2.03. The van der Waals surface area contributed by atoms with Crippen molar-refractivity contribution in [3.63, 3.8) is 0 Å². The molecule has 0 aromatic heterocycles. The second-order valence-corrected chi connectivity index (χ2v) is 4.40. The molecule has 0 aromatic carbocycles. The van der Waals surface area contributed by atoms with Crippen LogP contribution in [0.25, 0.3) is 0 Å². The van der Waals surface area contributed by atoms with Gasteiger partial charge < -0.3 is 21.7 Å². The Morgan fingerprint density at radius 3 is 2.94 bits per heavy atom. The van der Waals surface area contributed by atoms with Crippen molar-refractivity contribution in [1.82, 2.24) is 10.2 Å². The van der Waals surface area contributed by atoms with Crippen molar-refractivity contribution in [2.45, 2.75) is 37.8 Å². The molecule has 1 radical (unpaired) electrons. The van der Waals surface area contributed by atoms with Crippen LogP contribution in [0.1, 0.15) is 25.7 Å². The maximum Gasteiger partial charge on any atom is 0.240 e. The Morgan fingerprint density at radius 1 is 1.61 bits per heavy atom. The first-order valence-corrected chi connectivity index (χ1v) is 6.08. The van der Waals surface area contributed by atoms with E-state index in [2.05, 4.69) is 5.32 Å². The fraction of sp³-hybridized carbons (Fsp3) is 0.727. The Morgan fingerprint density at radius 2 is 2.33 bits per heavy atom. The van der Waals surface area contributed by atoms with Crippen LogP contribution in [0.3, 0.4) is 0 Å². The van der Waals surface area contributed by atoms with Crippen molar-refractivity contribution in [2.75, 3.05) is 13.1 Å². The van der Waals surface area contributed by atoms with Gasteiger partial charge in [0.2, 0.25) is 12.2 Å². The molecule has 1 rings (SSSR count). The number of rotatable bonds is 6. The van der Waals surface area contributed by atoms with E-state index in [0.29, 0.717) is 32.4 Å². The summed E-state index contributed by atoms with van der Waals surface area (Å²) in [6.45, 7) is 1.09. The number of carbonyl (C=O) groups is 1. The molecule has 101 valence electrons. The Bertz CT molecular complexity index is 321. The number of carbonyl (C=O) groups excluding carboxylic acids is 2. The SMILES string of the molecule is N=C(N)NCCCC(N)C(=O)N1CCCC1[C]=O.